The maximum absolute atomic E-state index is 11.9. The Morgan fingerprint density at radius 2 is 1.81 bits per heavy atom. The van der Waals surface area contributed by atoms with Crippen LogP contribution in [0.15, 0.2) is 29.2 Å². The highest BCUT2D eigenvalue weighted by atomic mass is 32.2. The molecule has 88 valence electrons. The molecule has 1 saturated carbocycles. The van der Waals surface area contributed by atoms with E-state index in [4.69, 9.17) is 5.73 Å². The lowest BCUT2D eigenvalue weighted by Crippen LogP contribution is -2.28. The smallest absolute Gasteiger partial charge is 0.240 e. The van der Waals surface area contributed by atoms with Crippen LogP contribution in [0, 0.1) is 5.41 Å². The van der Waals surface area contributed by atoms with Crippen molar-refractivity contribution >= 4 is 15.7 Å². The summed E-state index contributed by atoms with van der Waals surface area (Å²) in [5, 5.41) is 0. The third-order valence-electron chi connectivity index (χ3n) is 3.00. The van der Waals surface area contributed by atoms with Crippen LogP contribution in [0.1, 0.15) is 20.3 Å². The summed E-state index contributed by atoms with van der Waals surface area (Å²) in [6.07, 6.45) is 0.890. The van der Waals surface area contributed by atoms with Gasteiger partial charge in [0.1, 0.15) is 0 Å². The lowest BCUT2D eigenvalue weighted by Gasteiger charge is -2.08. The van der Waals surface area contributed by atoms with E-state index < -0.39 is 10.0 Å². The van der Waals surface area contributed by atoms with Crippen LogP contribution in [-0.2, 0) is 10.0 Å². The summed E-state index contributed by atoms with van der Waals surface area (Å²) in [7, 11) is -3.39. The quantitative estimate of drug-likeness (QED) is 0.783. The fourth-order valence-electron chi connectivity index (χ4n) is 1.57. The first-order chi connectivity index (χ1) is 7.31. The van der Waals surface area contributed by atoms with Crippen LogP contribution in [-0.4, -0.2) is 14.5 Å². The summed E-state index contributed by atoms with van der Waals surface area (Å²) in [5.74, 6) is 0. The number of benzene rings is 1. The van der Waals surface area contributed by atoms with Crippen molar-refractivity contribution in [3.8, 4) is 0 Å². The molecule has 1 fully saturated rings. The van der Waals surface area contributed by atoms with Gasteiger partial charge in [0.2, 0.25) is 10.0 Å². The highest BCUT2D eigenvalue weighted by molar-refractivity contribution is 7.89. The van der Waals surface area contributed by atoms with Gasteiger partial charge in [-0.15, -0.1) is 0 Å². The van der Waals surface area contributed by atoms with E-state index in [1.807, 2.05) is 13.8 Å². The van der Waals surface area contributed by atoms with Crippen molar-refractivity contribution in [3.63, 3.8) is 0 Å². The van der Waals surface area contributed by atoms with Gasteiger partial charge in [0.25, 0.3) is 0 Å². The van der Waals surface area contributed by atoms with Gasteiger partial charge in [-0.2, -0.15) is 0 Å². The Labute approximate surface area is 95.9 Å². The van der Waals surface area contributed by atoms with Crippen molar-refractivity contribution in [3.05, 3.63) is 24.3 Å². The van der Waals surface area contributed by atoms with Crippen LogP contribution in [0.2, 0.25) is 0 Å². The Kier molecular flexibility index (Phi) is 2.47. The van der Waals surface area contributed by atoms with Crippen molar-refractivity contribution < 1.29 is 8.42 Å². The molecule has 1 aromatic carbocycles. The zero-order valence-corrected chi connectivity index (χ0v) is 10.2. The third kappa shape index (κ3) is 2.20. The predicted molar refractivity (Wildman–Crippen MR) is 63.4 cm³/mol. The zero-order valence-electron chi connectivity index (χ0n) is 9.40. The minimum Gasteiger partial charge on any atom is -0.399 e. The molecular formula is C11H16N2O2S. The van der Waals surface area contributed by atoms with E-state index in [0.29, 0.717) is 5.69 Å². The zero-order chi connectivity index (χ0) is 12.0. The van der Waals surface area contributed by atoms with Crippen molar-refractivity contribution in [1.29, 1.82) is 0 Å². The predicted octanol–water partition coefficient (Wildman–Crippen LogP) is 1.35. The van der Waals surface area contributed by atoms with E-state index in [1.165, 1.54) is 12.1 Å². The molecule has 4 nitrogen and oxygen atoms in total. The summed E-state index contributed by atoms with van der Waals surface area (Å²) in [4.78, 5) is 0.268. The first kappa shape index (κ1) is 11.4. The highest BCUT2D eigenvalue weighted by Crippen LogP contribution is 2.45. The van der Waals surface area contributed by atoms with Gasteiger partial charge in [-0.1, -0.05) is 13.8 Å². The Hall–Kier alpha value is -1.07. The van der Waals surface area contributed by atoms with Gasteiger partial charge in [-0.25, -0.2) is 13.1 Å². The molecule has 0 aliphatic heterocycles. The van der Waals surface area contributed by atoms with Gasteiger partial charge >= 0.3 is 0 Å². The molecule has 0 heterocycles. The average Bonchev–Trinajstić information content (AvgIpc) is 2.73. The molecule has 1 unspecified atom stereocenters. The second-order valence-corrected chi connectivity index (χ2v) is 6.65. The van der Waals surface area contributed by atoms with Gasteiger partial charge < -0.3 is 5.73 Å². The molecule has 3 N–H and O–H groups in total. The standard InChI is InChI=1S/C11H16N2O2S/c1-11(2)7-10(11)13-16(14,15)9-5-3-8(12)4-6-9/h3-6,10,13H,7,12H2,1-2H3. The number of sulfonamides is 1. The van der Waals surface area contributed by atoms with Crippen LogP contribution in [0.5, 0.6) is 0 Å². The van der Waals surface area contributed by atoms with E-state index >= 15 is 0 Å². The van der Waals surface area contributed by atoms with E-state index in [2.05, 4.69) is 4.72 Å². The molecule has 16 heavy (non-hydrogen) atoms. The number of rotatable bonds is 3. The molecule has 5 heteroatoms. The van der Waals surface area contributed by atoms with Crippen LogP contribution >= 0.6 is 0 Å². The topological polar surface area (TPSA) is 72.2 Å². The molecular weight excluding hydrogens is 224 g/mol. The third-order valence-corrected chi connectivity index (χ3v) is 4.49. The molecule has 0 amide bonds. The van der Waals surface area contributed by atoms with Crippen molar-refractivity contribution in [1.82, 2.24) is 4.72 Å². The summed E-state index contributed by atoms with van der Waals surface area (Å²) >= 11 is 0. The first-order valence-electron chi connectivity index (χ1n) is 5.19. The molecule has 0 spiro atoms. The molecule has 0 saturated heterocycles. The Bertz CT molecular complexity index is 491. The summed E-state index contributed by atoms with van der Waals surface area (Å²) in [6, 6.07) is 6.27. The lowest BCUT2D eigenvalue weighted by molar-refractivity contribution is 0.555. The second kappa shape index (κ2) is 3.46. The molecule has 2 rings (SSSR count). The van der Waals surface area contributed by atoms with E-state index in [-0.39, 0.29) is 16.4 Å². The fourth-order valence-corrected chi connectivity index (χ4v) is 2.98. The molecule has 0 aromatic heterocycles. The molecule has 1 atom stereocenters. The maximum atomic E-state index is 11.9. The van der Waals surface area contributed by atoms with Crippen LogP contribution in [0.3, 0.4) is 0 Å². The van der Waals surface area contributed by atoms with Gasteiger partial charge in [0.05, 0.1) is 4.90 Å². The Morgan fingerprint density at radius 1 is 1.31 bits per heavy atom. The second-order valence-electron chi connectivity index (χ2n) is 4.94. The van der Waals surface area contributed by atoms with Crippen molar-refractivity contribution in [2.24, 2.45) is 5.41 Å². The number of hydrogen-bond acceptors (Lipinski definition) is 3. The number of nitrogens with one attached hydrogen (secondary N) is 1. The lowest BCUT2D eigenvalue weighted by atomic mass is 10.2. The minimum absolute atomic E-state index is 0.0510. The molecule has 1 aliphatic carbocycles. The number of hydrogen-bond donors (Lipinski definition) is 2. The normalized spacial score (nSPS) is 23.0. The largest absolute Gasteiger partial charge is 0.399 e. The summed E-state index contributed by atoms with van der Waals surface area (Å²) < 4.78 is 26.5. The Morgan fingerprint density at radius 3 is 2.25 bits per heavy atom. The SMILES string of the molecule is CC1(C)CC1NS(=O)(=O)c1ccc(N)cc1. The average molecular weight is 240 g/mol. The summed E-state index contributed by atoms with van der Waals surface area (Å²) in [5.41, 5.74) is 6.16. The van der Waals surface area contributed by atoms with Gasteiger partial charge in [-0.3, -0.25) is 0 Å². The highest BCUT2D eigenvalue weighted by Gasteiger charge is 2.47. The van der Waals surface area contributed by atoms with Gasteiger partial charge in [-0.05, 0) is 36.1 Å². The van der Waals surface area contributed by atoms with Crippen molar-refractivity contribution in [2.45, 2.75) is 31.2 Å². The first-order valence-corrected chi connectivity index (χ1v) is 6.67. The van der Waals surface area contributed by atoms with Gasteiger partial charge in [0.15, 0.2) is 0 Å². The van der Waals surface area contributed by atoms with Crippen LogP contribution in [0.4, 0.5) is 5.69 Å². The molecule has 1 aromatic rings. The molecule has 0 bridgehead atoms. The van der Waals surface area contributed by atoms with Crippen LogP contribution < -0.4 is 10.5 Å². The number of nitrogen functional groups attached to an aromatic ring is 1. The van der Waals surface area contributed by atoms with Gasteiger partial charge in [0, 0.05) is 11.7 Å². The number of anilines is 1. The maximum Gasteiger partial charge on any atom is 0.240 e. The van der Waals surface area contributed by atoms with Crippen molar-refractivity contribution in [2.75, 3.05) is 5.73 Å². The fraction of sp³-hybridized carbons (Fsp3) is 0.455. The molecule has 0 radical (unpaired) electrons. The van der Waals surface area contributed by atoms with E-state index in [1.54, 1.807) is 12.1 Å². The summed E-state index contributed by atoms with van der Waals surface area (Å²) in [6.45, 7) is 4.09. The van der Waals surface area contributed by atoms with Crippen LogP contribution in [0.25, 0.3) is 0 Å². The minimum atomic E-state index is -3.39. The van der Waals surface area contributed by atoms with E-state index in [9.17, 15) is 8.42 Å². The van der Waals surface area contributed by atoms with E-state index in [0.717, 1.165) is 6.42 Å². The number of nitrogens with two attached hydrogens (primary N) is 1. The Balaban J connectivity index is 2.17. The molecule has 1 aliphatic rings. The monoisotopic (exact) mass is 240 g/mol.